The van der Waals surface area contributed by atoms with Gasteiger partial charge in [-0.15, -0.1) is 0 Å². The first-order chi connectivity index (χ1) is 9.30. The molecule has 0 bridgehead atoms. The van der Waals surface area contributed by atoms with Crippen LogP contribution in [0.2, 0.25) is 0 Å². The van der Waals surface area contributed by atoms with Crippen molar-refractivity contribution in [3.05, 3.63) is 19.8 Å². The van der Waals surface area contributed by atoms with Gasteiger partial charge in [-0.3, -0.25) is 0 Å². The van der Waals surface area contributed by atoms with Gasteiger partial charge in [-0.2, -0.15) is 0 Å². The molecule has 0 amide bonds. The van der Waals surface area contributed by atoms with Crippen molar-refractivity contribution in [2.75, 3.05) is 0 Å². The van der Waals surface area contributed by atoms with Gasteiger partial charge in [0.15, 0.2) is 0 Å². The normalized spacial score (nSPS) is 16.9. The Morgan fingerprint density at radius 1 is 1.00 bits per heavy atom. The molecule has 116 valence electrons. The summed E-state index contributed by atoms with van der Waals surface area (Å²) in [6.07, 6.45) is 5.08. The van der Waals surface area contributed by atoms with E-state index in [-0.39, 0.29) is 0 Å². The van der Waals surface area contributed by atoms with Gasteiger partial charge < -0.3 is 0 Å². The number of halogens is 1. The van der Waals surface area contributed by atoms with Gasteiger partial charge in [0.25, 0.3) is 0 Å². The van der Waals surface area contributed by atoms with E-state index < -0.39 is 37.0 Å². The molecule has 1 aliphatic rings. The molecule has 0 aromatic carbocycles. The second kappa shape index (κ2) is 8.38. The van der Waals surface area contributed by atoms with Crippen molar-refractivity contribution in [3.63, 3.8) is 0 Å². The maximum atomic E-state index is 13.5. The summed E-state index contributed by atoms with van der Waals surface area (Å²) in [6, 6.07) is 1.18. The molecule has 1 aliphatic carbocycles. The molecule has 0 fully saturated rings. The Kier molecular flexibility index (Phi) is 7.86. The van der Waals surface area contributed by atoms with Crippen LogP contribution in [0.1, 0.15) is 48.0 Å². The Morgan fingerprint density at radius 2 is 1.45 bits per heavy atom. The zero-order valence-electron chi connectivity index (χ0n) is 13.7. The molecule has 0 spiro atoms. The topological polar surface area (TPSA) is 36.1 Å². The third-order valence-corrected chi connectivity index (χ3v) is 17.9. The SMILES string of the molecule is CC(C)[NH][Zr]([NH]C(C)C)([NH]C(C)C)[C]1=[C]([GeH2][F])C=CC1. The minimum absolute atomic E-state index is 0.393. The fourth-order valence-electron chi connectivity index (χ4n) is 2.76. The quantitative estimate of drug-likeness (QED) is 0.524. The fraction of sp³-hybridized carbons (Fsp3) is 0.714. The third kappa shape index (κ3) is 5.17. The molecule has 1 rings (SSSR count). The van der Waals surface area contributed by atoms with E-state index in [0.29, 0.717) is 18.1 Å². The summed E-state index contributed by atoms with van der Waals surface area (Å²) in [4.78, 5) is 0. The molecule has 0 unspecified atom stereocenters. The first kappa shape index (κ1) is 18.8. The molecule has 6 heteroatoms. The van der Waals surface area contributed by atoms with E-state index in [1.807, 2.05) is 6.08 Å². The van der Waals surface area contributed by atoms with Crippen LogP contribution in [0, 0.1) is 0 Å². The van der Waals surface area contributed by atoms with Crippen LogP contribution in [0.15, 0.2) is 19.8 Å². The summed E-state index contributed by atoms with van der Waals surface area (Å²) < 4.78 is 27.4. The van der Waals surface area contributed by atoms with Crippen LogP contribution in [-0.4, -0.2) is 34.0 Å². The van der Waals surface area contributed by atoms with Crippen molar-refractivity contribution in [3.8, 4) is 0 Å². The van der Waals surface area contributed by atoms with E-state index in [9.17, 15) is 3.50 Å². The summed E-state index contributed by atoms with van der Waals surface area (Å²) in [5.74, 6) is 0. The Morgan fingerprint density at radius 3 is 1.80 bits per heavy atom. The summed E-state index contributed by atoms with van der Waals surface area (Å²) in [5, 5.41) is 0. The van der Waals surface area contributed by atoms with Crippen LogP contribution in [0.5, 0.6) is 0 Å². The van der Waals surface area contributed by atoms with E-state index in [1.54, 1.807) is 0 Å². The van der Waals surface area contributed by atoms with Crippen molar-refractivity contribution >= 4 is 15.9 Å². The number of allylic oxidation sites excluding steroid dienone is 4. The van der Waals surface area contributed by atoms with E-state index in [1.165, 1.54) is 3.28 Å². The third-order valence-electron chi connectivity index (χ3n) is 3.14. The summed E-state index contributed by atoms with van der Waals surface area (Å²) in [7, 11) is 0. The molecule has 20 heavy (non-hydrogen) atoms. The predicted octanol–water partition coefficient (Wildman–Crippen LogP) is 2.10. The van der Waals surface area contributed by atoms with Gasteiger partial charge in [0.2, 0.25) is 0 Å². The molecule has 3 nitrogen and oxygen atoms in total. The van der Waals surface area contributed by atoms with E-state index in [4.69, 9.17) is 0 Å². The monoisotopic (exact) mass is 423 g/mol. The van der Waals surface area contributed by atoms with Crippen LogP contribution in [0.4, 0.5) is 3.50 Å². The van der Waals surface area contributed by atoms with Gasteiger partial charge in [0, 0.05) is 0 Å². The van der Waals surface area contributed by atoms with E-state index in [2.05, 4.69) is 57.4 Å². The molecule has 0 heterocycles. The first-order valence-corrected chi connectivity index (χ1v) is 15.1. The Hall–Kier alpha value is 0.716. The molecule has 3 N–H and O–H groups in total. The van der Waals surface area contributed by atoms with Gasteiger partial charge >= 0.3 is 136 Å². The molecule has 0 aromatic heterocycles. The average molecular weight is 423 g/mol. The number of hydrogen-bond donors (Lipinski definition) is 3. The Balaban J connectivity index is 3.20. The Labute approximate surface area is 135 Å². The second-order valence-corrected chi connectivity index (χ2v) is 15.8. The van der Waals surface area contributed by atoms with Crippen molar-refractivity contribution < 1.29 is 24.6 Å². The van der Waals surface area contributed by atoms with Crippen LogP contribution in [0.3, 0.4) is 0 Å². The summed E-state index contributed by atoms with van der Waals surface area (Å²) in [5.41, 5.74) is 0. The van der Waals surface area contributed by atoms with Gasteiger partial charge in [-0.1, -0.05) is 0 Å². The molecule has 0 aliphatic heterocycles. The fourth-order valence-corrected chi connectivity index (χ4v) is 18.8. The summed E-state index contributed by atoms with van der Waals surface area (Å²) in [6.45, 7) is 13.1. The van der Waals surface area contributed by atoms with Crippen molar-refractivity contribution in [1.82, 2.24) is 9.78 Å². The van der Waals surface area contributed by atoms with Crippen LogP contribution in [-0.2, 0) is 21.1 Å². The maximum absolute atomic E-state index is 13.5. The van der Waals surface area contributed by atoms with Crippen LogP contribution < -0.4 is 9.78 Å². The van der Waals surface area contributed by atoms with Crippen LogP contribution in [0.25, 0.3) is 0 Å². The zero-order valence-corrected chi connectivity index (χ0v) is 19.1. The summed E-state index contributed by atoms with van der Waals surface area (Å²) >= 11 is -5.21. The average Bonchev–Trinajstić information content (AvgIpc) is 2.73. The standard InChI is InChI=1S/C5H6FGe.3C3H8N.Zr/c6-7-5-3-1-2-4-5;3*1-3(2)4;/h1,3H,2,7H2;3*3-4H,1-2H3;/q;3*-1;+3. The van der Waals surface area contributed by atoms with Gasteiger partial charge in [-0.25, -0.2) is 0 Å². The van der Waals surface area contributed by atoms with Crippen LogP contribution >= 0.6 is 0 Å². The van der Waals surface area contributed by atoms with Gasteiger partial charge in [0.05, 0.1) is 0 Å². The predicted molar refractivity (Wildman–Crippen MR) is 85.3 cm³/mol. The molecule has 0 saturated carbocycles. The molecule has 0 saturated heterocycles. The zero-order chi connectivity index (χ0) is 15.3. The number of nitrogens with one attached hydrogen (secondary N) is 3. The molecular weight excluding hydrogens is 393 g/mol. The molecule has 0 atom stereocenters. The van der Waals surface area contributed by atoms with Crippen molar-refractivity contribution in [1.29, 1.82) is 0 Å². The molecule has 0 aromatic rings. The molecular formula is C14H30FGeN3Zr. The number of hydrogen-bond acceptors (Lipinski definition) is 3. The van der Waals surface area contributed by atoms with Crippen molar-refractivity contribution in [2.24, 2.45) is 0 Å². The minimum atomic E-state index is -3.16. The van der Waals surface area contributed by atoms with E-state index in [0.717, 1.165) is 10.8 Å². The second-order valence-electron chi connectivity index (χ2n) is 6.39. The first-order valence-electron chi connectivity index (χ1n) is 7.58. The van der Waals surface area contributed by atoms with Gasteiger partial charge in [0.1, 0.15) is 0 Å². The number of rotatable bonds is 8. The van der Waals surface area contributed by atoms with Crippen molar-refractivity contribution in [2.45, 2.75) is 66.1 Å². The molecule has 0 radical (unpaired) electrons. The Bertz CT molecular complexity index is 354. The van der Waals surface area contributed by atoms with Gasteiger partial charge in [-0.05, 0) is 0 Å². The van der Waals surface area contributed by atoms with E-state index >= 15 is 0 Å².